The molecule has 98 valence electrons. The van der Waals surface area contributed by atoms with Crippen LogP contribution in [0.2, 0.25) is 0 Å². The van der Waals surface area contributed by atoms with Crippen LogP contribution < -0.4 is 4.90 Å². The number of anilines is 1. The Morgan fingerprint density at radius 3 is 3.00 bits per heavy atom. The van der Waals surface area contributed by atoms with Crippen LogP contribution >= 0.6 is 0 Å². The monoisotopic (exact) mass is 248 g/mol. The van der Waals surface area contributed by atoms with Gasteiger partial charge in [0, 0.05) is 25.9 Å². The highest BCUT2D eigenvalue weighted by atomic mass is 16.5. The molecular formula is C14H20N2O2. The maximum Gasteiger partial charge on any atom is 0.153 e. The Hall–Kier alpha value is -1.42. The number of hydrogen-bond acceptors (Lipinski definition) is 4. The lowest BCUT2D eigenvalue weighted by Gasteiger charge is -2.31. The van der Waals surface area contributed by atoms with Crippen molar-refractivity contribution in [1.82, 2.24) is 4.98 Å². The van der Waals surface area contributed by atoms with E-state index >= 15 is 0 Å². The number of aldehydes is 1. The Kier molecular flexibility index (Phi) is 4.31. The maximum atomic E-state index is 11.1. The minimum absolute atomic E-state index is 0.411. The molecule has 1 aliphatic carbocycles. The summed E-state index contributed by atoms with van der Waals surface area (Å²) in [7, 11) is 1.69. The van der Waals surface area contributed by atoms with Gasteiger partial charge < -0.3 is 9.64 Å². The lowest BCUT2D eigenvalue weighted by Crippen LogP contribution is -2.38. The summed E-state index contributed by atoms with van der Waals surface area (Å²) in [6, 6.07) is 4.02. The van der Waals surface area contributed by atoms with Gasteiger partial charge in [0.1, 0.15) is 5.82 Å². The molecule has 1 fully saturated rings. The first-order valence-corrected chi connectivity index (χ1v) is 6.43. The van der Waals surface area contributed by atoms with Crippen molar-refractivity contribution in [3.05, 3.63) is 23.9 Å². The molecule has 0 N–H and O–H groups in total. The Balaban J connectivity index is 2.22. The fourth-order valence-corrected chi connectivity index (χ4v) is 2.27. The van der Waals surface area contributed by atoms with Gasteiger partial charge in [0.25, 0.3) is 0 Å². The highest BCUT2D eigenvalue weighted by Gasteiger charge is 2.33. The maximum absolute atomic E-state index is 11.1. The van der Waals surface area contributed by atoms with Crippen LogP contribution in [-0.4, -0.2) is 37.6 Å². The number of rotatable bonds is 7. The molecule has 1 aliphatic rings. The number of methoxy groups -OCH3 is 1. The quantitative estimate of drug-likeness (QED) is 0.693. The second-order valence-corrected chi connectivity index (χ2v) is 4.80. The molecule has 4 heteroatoms. The molecule has 0 aliphatic heterocycles. The average molecular weight is 248 g/mol. The molecule has 0 saturated heterocycles. The molecule has 1 unspecified atom stereocenters. The van der Waals surface area contributed by atoms with Crippen LogP contribution in [0, 0.1) is 5.92 Å². The molecule has 0 amide bonds. The zero-order chi connectivity index (χ0) is 13.0. The van der Waals surface area contributed by atoms with Crippen molar-refractivity contribution in [2.24, 2.45) is 5.92 Å². The van der Waals surface area contributed by atoms with Gasteiger partial charge in [0.15, 0.2) is 6.29 Å². The van der Waals surface area contributed by atoms with Gasteiger partial charge in [-0.25, -0.2) is 4.98 Å². The number of hydrogen-bond donors (Lipinski definition) is 0. The van der Waals surface area contributed by atoms with Gasteiger partial charge in [-0.3, -0.25) is 4.79 Å². The van der Waals surface area contributed by atoms with Crippen LogP contribution in [0.15, 0.2) is 18.3 Å². The minimum Gasteiger partial charge on any atom is -0.383 e. The fraction of sp³-hybridized carbons (Fsp3) is 0.571. The lowest BCUT2D eigenvalue weighted by atomic mass is 10.1. The molecule has 1 heterocycles. The van der Waals surface area contributed by atoms with E-state index in [2.05, 4.69) is 16.8 Å². The predicted molar refractivity (Wildman–Crippen MR) is 71.0 cm³/mol. The van der Waals surface area contributed by atoms with E-state index in [1.54, 1.807) is 19.4 Å². The van der Waals surface area contributed by atoms with Gasteiger partial charge in [0.2, 0.25) is 0 Å². The number of nitrogens with zero attached hydrogens (tertiary/aromatic N) is 2. The average Bonchev–Trinajstić information content (AvgIpc) is 3.23. The molecule has 18 heavy (non-hydrogen) atoms. The minimum atomic E-state index is 0.411. The number of carbonyl (C=O) groups is 1. The molecule has 2 rings (SSSR count). The van der Waals surface area contributed by atoms with E-state index in [4.69, 9.17) is 4.74 Å². The summed E-state index contributed by atoms with van der Waals surface area (Å²) < 4.78 is 5.16. The third kappa shape index (κ3) is 2.88. The van der Waals surface area contributed by atoms with E-state index in [-0.39, 0.29) is 0 Å². The molecule has 1 atom stereocenters. The Morgan fingerprint density at radius 1 is 1.61 bits per heavy atom. The van der Waals surface area contributed by atoms with E-state index < -0.39 is 0 Å². The number of pyridine rings is 1. The molecule has 1 aromatic rings. The zero-order valence-corrected chi connectivity index (χ0v) is 11.0. The summed E-state index contributed by atoms with van der Waals surface area (Å²) in [5.41, 5.74) is 0.654. The van der Waals surface area contributed by atoms with Gasteiger partial charge in [-0.05, 0) is 37.8 Å². The van der Waals surface area contributed by atoms with Crippen molar-refractivity contribution in [2.75, 3.05) is 25.2 Å². The van der Waals surface area contributed by atoms with Crippen LogP contribution in [0.4, 0.5) is 5.82 Å². The smallest absolute Gasteiger partial charge is 0.153 e. The predicted octanol–water partition coefficient (Wildman–Crippen LogP) is 2.15. The fourth-order valence-electron chi connectivity index (χ4n) is 2.27. The summed E-state index contributed by atoms with van der Waals surface area (Å²) in [5, 5.41) is 0. The Morgan fingerprint density at radius 2 is 2.39 bits per heavy atom. The standard InChI is InChI=1S/C14H20N2O2/c1-11(12-5-6-12)16(8-9-18-2)14-13(10-17)4-3-7-15-14/h3-4,7,10-12H,5-6,8-9H2,1-2H3. The van der Waals surface area contributed by atoms with Crippen molar-refractivity contribution in [1.29, 1.82) is 0 Å². The summed E-state index contributed by atoms with van der Waals surface area (Å²) in [6.07, 6.45) is 5.16. The van der Waals surface area contributed by atoms with Crippen molar-refractivity contribution in [2.45, 2.75) is 25.8 Å². The number of aromatic nitrogens is 1. The molecule has 0 spiro atoms. The van der Waals surface area contributed by atoms with Crippen molar-refractivity contribution >= 4 is 12.1 Å². The van der Waals surface area contributed by atoms with Crippen LogP contribution in [-0.2, 0) is 4.74 Å². The second-order valence-electron chi connectivity index (χ2n) is 4.80. The zero-order valence-electron chi connectivity index (χ0n) is 11.0. The van der Waals surface area contributed by atoms with Crippen LogP contribution in [0.3, 0.4) is 0 Å². The van der Waals surface area contributed by atoms with Crippen molar-refractivity contribution in [3.8, 4) is 0 Å². The molecule has 0 radical (unpaired) electrons. The summed E-state index contributed by atoms with van der Waals surface area (Å²) >= 11 is 0. The molecule has 1 saturated carbocycles. The third-order valence-electron chi connectivity index (χ3n) is 3.55. The first-order chi connectivity index (χ1) is 8.77. The normalized spacial score (nSPS) is 16.3. The van der Waals surface area contributed by atoms with Crippen LogP contribution in [0.5, 0.6) is 0 Å². The van der Waals surface area contributed by atoms with Gasteiger partial charge in [-0.15, -0.1) is 0 Å². The van der Waals surface area contributed by atoms with Gasteiger partial charge in [-0.1, -0.05) is 0 Å². The summed E-state index contributed by atoms with van der Waals surface area (Å²) in [4.78, 5) is 17.7. The van der Waals surface area contributed by atoms with E-state index in [1.807, 2.05) is 6.07 Å². The molecular weight excluding hydrogens is 228 g/mol. The summed E-state index contributed by atoms with van der Waals surface area (Å²) in [5.74, 6) is 1.51. The van der Waals surface area contributed by atoms with Crippen LogP contribution in [0.1, 0.15) is 30.1 Å². The topological polar surface area (TPSA) is 42.4 Å². The first-order valence-electron chi connectivity index (χ1n) is 6.43. The largest absolute Gasteiger partial charge is 0.383 e. The SMILES string of the molecule is COCCN(c1ncccc1C=O)C(C)C1CC1. The van der Waals surface area contributed by atoms with Crippen molar-refractivity contribution in [3.63, 3.8) is 0 Å². The lowest BCUT2D eigenvalue weighted by molar-refractivity contribution is 0.112. The van der Waals surface area contributed by atoms with E-state index in [0.29, 0.717) is 18.2 Å². The highest BCUT2D eigenvalue weighted by molar-refractivity contribution is 5.82. The van der Waals surface area contributed by atoms with Gasteiger partial charge in [-0.2, -0.15) is 0 Å². The highest BCUT2D eigenvalue weighted by Crippen LogP contribution is 2.36. The summed E-state index contributed by atoms with van der Waals surface area (Å²) in [6.45, 7) is 3.62. The van der Waals surface area contributed by atoms with E-state index in [1.165, 1.54) is 12.8 Å². The molecule has 0 aromatic carbocycles. The number of carbonyl (C=O) groups excluding carboxylic acids is 1. The van der Waals surface area contributed by atoms with Crippen molar-refractivity contribution < 1.29 is 9.53 Å². The molecule has 4 nitrogen and oxygen atoms in total. The Labute approximate surface area is 108 Å². The molecule has 0 bridgehead atoms. The van der Waals surface area contributed by atoms with Gasteiger partial charge in [0.05, 0.1) is 12.2 Å². The third-order valence-corrected chi connectivity index (χ3v) is 3.55. The van der Waals surface area contributed by atoms with Gasteiger partial charge >= 0.3 is 0 Å². The molecule has 1 aromatic heterocycles. The second kappa shape index (κ2) is 5.96. The van der Waals surface area contributed by atoms with E-state index in [0.717, 1.165) is 24.6 Å². The van der Waals surface area contributed by atoms with E-state index in [9.17, 15) is 4.79 Å². The Bertz CT molecular complexity index is 405. The van der Waals surface area contributed by atoms with Crippen LogP contribution in [0.25, 0.3) is 0 Å². The first kappa shape index (κ1) is 13.0. The number of ether oxygens (including phenoxy) is 1.